The highest BCUT2D eigenvalue weighted by atomic mass is 35.5. The van der Waals surface area contributed by atoms with Gasteiger partial charge in [-0.1, -0.05) is 23.7 Å². The second-order valence-electron chi connectivity index (χ2n) is 7.82. The Morgan fingerprint density at radius 2 is 2.09 bits per heavy atom. The van der Waals surface area contributed by atoms with Gasteiger partial charge in [0.15, 0.2) is 12.1 Å². The van der Waals surface area contributed by atoms with E-state index < -0.39 is 0 Å². The highest BCUT2D eigenvalue weighted by Crippen LogP contribution is 2.29. The minimum atomic E-state index is -0.0519. The van der Waals surface area contributed by atoms with E-state index in [9.17, 15) is 0 Å². The molecule has 1 unspecified atom stereocenters. The number of aromatic nitrogens is 6. The zero-order valence-electron chi connectivity index (χ0n) is 17.6. The van der Waals surface area contributed by atoms with Gasteiger partial charge in [0, 0.05) is 23.8 Å². The molecule has 1 fully saturated rings. The number of benzene rings is 1. The Kier molecular flexibility index (Phi) is 5.59. The number of pyridine rings is 1. The van der Waals surface area contributed by atoms with Crippen molar-refractivity contribution in [3.63, 3.8) is 0 Å². The number of anilines is 2. The van der Waals surface area contributed by atoms with Gasteiger partial charge in [-0.15, -0.1) is 0 Å². The van der Waals surface area contributed by atoms with Crippen LogP contribution in [0.4, 0.5) is 11.9 Å². The molecule has 5 rings (SSSR count). The molecule has 0 amide bonds. The molecule has 0 aliphatic carbocycles. The number of halogens is 1. The molecule has 1 saturated heterocycles. The Morgan fingerprint density at radius 1 is 1.19 bits per heavy atom. The van der Waals surface area contributed by atoms with Crippen molar-refractivity contribution in [2.24, 2.45) is 0 Å². The van der Waals surface area contributed by atoms with Gasteiger partial charge in [0.05, 0.1) is 29.0 Å². The fourth-order valence-corrected chi connectivity index (χ4v) is 4.07. The van der Waals surface area contributed by atoms with Crippen LogP contribution in [0.1, 0.15) is 36.7 Å². The average Bonchev–Trinajstić information content (AvgIpc) is 3.22. The topological polar surface area (TPSA) is 117 Å². The Balaban J connectivity index is 1.43. The van der Waals surface area contributed by atoms with Crippen LogP contribution in [0.15, 0.2) is 36.7 Å². The molecule has 0 bridgehead atoms. The molecule has 10 heteroatoms. The van der Waals surface area contributed by atoms with Gasteiger partial charge in [-0.05, 0) is 43.9 Å². The molecule has 3 aromatic heterocycles. The summed E-state index contributed by atoms with van der Waals surface area (Å²) < 4.78 is 7.85. The SMILES string of the molecule is Cc1cnc(CNc2nc(N)nc(-c3ccc4cnn(C5CCCCO5)c4c3)n2)c(Cl)c1. The monoisotopic (exact) mass is 450 g/mol. The molecule has 0 spiro atoms. The van der Waals surface area contributed by atoms with Gasteiger partial charge in [0.1, 0.15) is 0 Å². The van der Waals surface area contributed by atoms with Gasteiger partial charge in [-0.2, -0.15) is 20.1 Å². The van der Waals surface area contributed by atoms with Crippen molar-refractivity contribution in [1.82, 2.24) is 29.7 Å². The van der Waals surface area contributed by atoms with Gasteiger partial charge < -0.3 is 15.8 Å². The predicted molar refractivity (Wildman–Crippen MR) is 123 cm³/mol. The Labute approximate surface area is 190 Å². The summed E-state index contributed by atoms with van der Waals surface area (Å²) in [6.07, 6.45) is 6.73. The summed E-state index contributed by atoms with van der Waals surface area (Å²) in [6.45, 7) is 3.07. The van der Waals surface area contributed by atoms with Crippen molar-refractivity contribution in [2.75, 3.05) is 17.7 Å². The zero-order chi connectivity index (χ0) is 22.1. The number of hydrogen-bond acceptors (Lipinski definition) is 8. The molecule has 0 radical (unpaired) electrons. The Bertz CT molecular complexity index is 1270. The summed E-state index contributed by atoms with van der Waals surface area (Å²) in [5.41, 5.74) is 9.47. The number of ether oxygens (including phenoxy) is 1. The number of nitrogens with one attached hydrogen (secondary N) is 1. The molecule has 4 aromatic rings. The van der Waals surface area contributed by atoms with E-state index >= 15 is 0 Å². The second kappa shape index (κ2) is 8.68. The molecule has 1 atom stereocenters. The van der Waals surface area contributed by atoms with E-state index in [0.717, 1.165) is 47.9 Å². The summed E-state index contributed by atoms with van der Waals surface area (Å²) >= 11 is 6.28. The smallest absolute Gasteiger partial charge is 0.228 e. The van der Waals surface area contributed by atoms with Crippen molar-refractivity contribution >= 4 is 34.4 Å². The normalized spacial score (nSPS) is 16.4. The molecule has 0 saturated carbocycles. The maximum atomic E-state index is 6.28. The molecule has 4 heterocycles. The summed E-state index contributed by atoms with van der Waals surface area (Å²) in [7, 11) is 0. The van der Waals surface area contributed by atoms with E-state index in [0.29, 0.717) is 29.0 Å². The summed E-state index contributed by atoms with van der Waals surface area (Å²) in [5, 5.41) is 9.31. The maximum absolute atomic E-state index is 6.28. The van der Waals surface area contributed by atoms with Crippen LogP contribution in [0.2, 0.25) is 5.02 Å². The van der Waals surface area contributed by atoms with Gasteiger partial charge in [-0.3, -0.25) is 4.98 Å². The van der Waals surface area contributed by atoms with Crippen LogP contribution in [-0.4, -0.2) is 36.3 Å². The Hall–Kier alpha value is -3.30. The van der Waals surface area contributed by atoms with Crippen molar-refractivity contribution in [1.29, 1.82) is 0 Å². The van der Waals surface area contributed by atoms with E-state index in [2.05, 4.69) is 30.4 Å². The number of aryl methyl sites for hydroxylation is 1. The van der Waals surface area contributed by atoms with E-state index in [1.807, 2.05) is 42.1 Å². The second-order valence-corrected chi connectivity index (χ2v) is 8.23. The molecule has 3 N–H and O–H groups in total. The summed E-state index contributed by atoms with van der Waals surface area (Å²) in [6, 6.07) is 7.83. The highest BCUT2D eigenvalue weighted by Gasteiger charge is 2.19. The van der Waals surface area contributed by atoms with Crippen LogP contribution in [0, 0.1) is 6.92 Å². The first-order chi connectivity index (χ1) is 15.6. The first-order valence-corrected chi connectivity index (χ1v) is 10.9. The molecule has 1 aliphatic heterocycles. The lowest BCUT2D eigenvalue weighted by Crippen LogP contribution is -2.18. The quantitative estimate of drug-likeness (QED) is 0.466. The molecule has 9 nitrogen and oxygen atoms in total. The van der Waals surface area contributed by atoms with Crippen LogP contribution in [0.25, 0.3) is 22.3 Å². The molecular formula is C22H23ClN8O. The fourth-order valence-electron chi connectivity index (χ4n) is 3.78. The predicted octanol–water partition coefficient (Wildman–Crippen LogP) is 4.14. The van der Waals surface area contributed by atoms with Crippen molar-refractivity contribution in [2.45, 2.75) is 39.0 Å². The Morgan fingerprint density at radius 3 is 2.91 bits per heavy atom. The van der Waals surface area contributed by atoms with Gasteiger partial charge in [0.2, 0.25) is 11.9 Å². The first-order valence-electron chi connectivity index (χ1n) is 10.5. The largest absolute Gasteiger partial charge is 0.368 e. The average molecular weight is 451 g/mol. The third-order valence-electron chi connectivity index (χ3n) is 5.41. The lowest BCUT2D eigenvalue weighted by atomic mass is 10.1. The molecular weight excluding hydrogens is 428 g/mol. The molecule has 164 valence electrons. The van der Waals surface area contributed by atoms with Gasteiger partial charge >= 0.3 is 0 Å². The van der Waals surface area contributed by atoms with Crippen LogP contribution in [0.5, 0.6) is 0 Å². The number of rotatable bonds is 5. The minimum absolute atomic E-state index is 0.0519. The van der Waals surface area contributed by atoms with E-state index in [4.69, 9.17) is 22.1 Å². The minimum Gasteiger partial charge on any atom is -0.368 e. The number of fused-ring (bicyclic) bond motifs is 1. The summed E-state index contributed by atoms with van der Waals surface area (Å²) in [5.74, 6) is 0.960. The van der Waals surface area contributed by atoms with Crippen LogP contribution in [0.3, 0.4) is 0 Å². The summed E-state index contributed by atoms with van der Waals surface area (Å²) in [4.78, 5) is 17.4. The van der Waals surface area contributed by atoms with Crippen LogP contribution in [-0.2, 0) is 11.3 Å². The number of nitrogens with two attached hydrogens (primary N) is 1. The van der Waals surface area contributed by atoms with Crippen LogP contribution >= 0.6 is 11.6 Å². The van der Waals surface area contributed by atoms with E-state index in [-0.39, 0.29) is 12.2 Å². The lowest BCUT2D eigenvalue weighted by Gasteiger charge is -2.23. The van der Waals surface area contributed by atoms with Gasteiger partial charge in [-0.25, -0.2) is 4.68 Å². The third-order valence-corrected chi connectivity index (χ3v) is 5.73. The number of nitrogens with zero attached hydrogens (tertiary/aromatic N) is 6. The first kappa shape index (κ1) is 20.6. The van der Waals surface area contributed by atoms with E-state index in [1.165, 1.54) is 0 Å². The number of nitrogen functional groups attached to an aromatic ring is 1. The maximum Gasteiger partial charge on any atom is 0.228 e. The van der Waals surface area contributed by atoms with E-state index in [1.54, 1.807) is 6.20 Å². The molecule has 1 aromatic carbocycles. The standard InChI is InChI=1S/C22H23ClN8O/c1-13-8-16(23)17(25-10-13)12-26-22-29-20(28-21(24)30-22)14-5-6-15-11-27-31(18(15)9-14)19-4-2-3-7-32-19/h5-6,8-11,19H,2-4,7,12H2,1H3,(H3,24,26,28,29,30). The highest BCUT2D eigenvalue weighted by molar-refractivity contribution is 6.31. The molecule has 32 heavy (non-hydrogen) atoms. The zero-order valence-corrected chi connectivity index (χ0v) is 18.4. The van der Waals surface area contributed by atoms with Crippen molar-refractivity contribution < 1.29 is 4.74 Å². The third kappa shape index (κ3) is 4.21. The van der Waals surface area contributed by atoms with Crippen LogP contribution < -0.4 is 11.1 Å². The fraction of sp³-hybridized carbons (Fsp3) is 0.318. The van der Waals surface area contributed by atoms with Gasteiger partial charge in [0.25, 0.3) is 0 Å². The molecule has 1 aliphatic rings. The van der Waals surface area contributed by atoms with Crippen molar-refractivity contribution in [3.8, 4) is 11.4 Å². The number of hydrogen-bond donors (Lipinski definition) is 2. The van der Waals surface area contributed by atoms with Crippen molar-refractivity contribution in [3.05, 3.63) is 52.9 Å². The lowest BCUT2D eigenvalue weighted by molar-refractivity contribution is -0.0366.